The molecule has 0 fully saturated rings. The zero-order valence-electron chi connectivity index (χ0n) is 17.1. The van der Waals surface area contributed by atoms with E-state index in [1.165, 1.54) is 6.92 Å². The Morgan fingerprint density at radius 3 is 2.63 bits per heavy atom. The van der Waals surface area contributed by atoms with Gasteiger partial charge in [-0.3, -0.25) is 14.4 Å². The van der Waals surface area contributed by atoms with Crippen LogP contribution in [0.2, 0.25) is 0 Å². The molecule has 0 unspecified atom stereocenters. The fourth-order valence-electron chi connectivity index (χ4n) is 3.80. The summed E-state index contributed by atoms with van der Waals surface area (Å²) in [7, 11) is 0. The Morgan fingerprint density at radius 1 is 1.17 bits per heavy atom. The lowest BCUT2D eigenvalue weighted by molar-refractivity contribution is -0.131. The van der Waals surface area contributed by atoms with Gasteiger partial charge < -0.3 is 14.6 Å². The van der Waals surface area contributed by atoms with Gasteiger partial charge in [-0.2, -0.15) is 5.26 Å². The Balaban J connectivity index is 2.00. The predicted molar refractivity (Wildman–Crippen MR) is 113 cm³/mol. The van der Waals surface area contributed by atoms with Crippen LogP contribution < -0.4 is 15.6 Å². The number of ether oxygens (including phenoxy) is 1. The number of aromatic nitrogens is 1. The van der Waals surface area contributed by atoms with Gasteiger partial charge in [-0.05, 0) is 49.4 Å². The first-order valence-electron chi connectivity index (χ1n) is 10.2. The summed E-state index contributed by atoms with van der Waals surface area (Å²) in [4.78, 5) is 37.5. The summed E-state index contributed by atoms with van der Waals surface area (Å²) in [6.45, 7) is 1.55. The van der Waals surface area contributed by atoms with Crippen molar-refractivity contribution in [1.82, 2.24) is 4.57 Å². The van der Waals surface area contributed by atoms with Crippen LogP contribution in [0.15, 0.2) is 35.1 Å². The molecule has 30 heavy (non-hydrogen) atoms. The highest BCUT2D eigenvalue weighted by Crippen LogP contribution is 2.25. The van der Waals surface area contributed by atoms with Gasteiger partial charge in [0.2, 0.25) is 0 Å². The summed E-state index contributed by atoms with van der Waals surface area (Å²) in [5.41, 5.74) is 1.88. The fraction of sp³-hybridized carbons (Fsp3) is 0.391. The molecule has 1 amide bonds. The average Bonchev–Trinajstić information content (AvgIpc) is 2.69. The van der Waals surface area contributed by atoms with E-state index in [1.54, 1.807) is 34.9 Å². The first kappa shape index (κ1) is 21.3. The van der Waals surface area contributed by atoms with Crippen molar-refractivity contribution in [2.45, 2.75) is 58.4 Å². The van der Waals surface area contributed by atoms with E-state index in [0.29, 0.717) is 5.69 Å². The molecule has 156 valence electrons. The highest BCUT2D eigenvalue weighted by Gasteiger charge is 2.21. The maximum atomic E-state index is 13.1. The molecule has 0 bridgehead atoms. The summed E-state index contributed by atoms with van der Waals surface area (Å²) in [6, 6.07) is 10.3. The lowest BCUT2D eigenvalue weighted by atomic mass is 9.95. The topological polar surface area (TPSA) is 101 Å². The normalized spacial score (nSPS) is 13.3. The molecule has 1 aromatic carbocycles. The number of pyridine rings is 1. The number of anilines is 1. The molecule has 0 spiro atoms. The van der Waals surface area contributed by atoms with Crippen molar-refractivity contribution in [3.8, 4) is 11.8 Å². The molecule has 0 atom stereocenters. The summed E-state index contributed by atoms with van der Waals surface area (Å²) < 4.78 is 6.73. The predicted octanol–water partition coefficient (Wildman–Crippen LogP) is 3.60. The first-order chi connectivity index (χ1) is 14.5. The minimum Gasteiger partial charge on any atom is -0.424 e. The minimum absolute atomic E-state index is 0.0323. The van der Waals surface area contributed by atoms with Crippen molar-refractivity contribution in [2.75, 3.05) is 5.32 Å². The fourth-order valence-corrected chi connectivity index (χ4v) is 3.80. The second-order valence-corrected chi connectivity index (χ2v) is 7.35. The molecule has 7 heteroatoms. The molecule has 3 rings (SSSR count). The van der Waals surface area contributed by atoms with Crippen molar-refractivity contribution in [1.29, 1.82) is 5.26 Å². The minimum atomic E-state index is -0.560. The van der Waals surface area contributed by atoms with Crippen LogP contribution in [-0.2, 0) is 24.2 Å². The van der Waals surface area contributed by atoms with Gasteiger partial charge in [0.25, 0.3) is 11.5 Å². The molecule has 1 aromatic heterocycles. The molecule has 7 nitrogen and oxygen atoms in total. The van der Waals surface area contributed by atoms with Gasteiger partial charge in [0, 0.05) is 19.2 Å². The highest BCUT2D eigenvalue weighted by molar-refractivity contribution is 6.05. The van der Waals surface area contributed by atoms with Gasteiger partial charge >= 0.3 is 5.97 Å². The number of nitrogens with one attached hydrogen (secondary N) is 1. The number of hydrogen-bond acceptors (Lipinski definition) is 5. The first-order valence-corrected chi connectivity index (χ1v) is 10.2. The zero-order chi connectivity index (χ0) is 21.5. The molecule has 0 aliphatic heterocycles. The van der Waals surface area contributed by atoms with E-state index in [2.05, 4.69) is 11.4 Å². The van der Waals surface area contributed by atoms with Crippen LogP contribution >= 0.6 is 0 Å². The van der Waals surface area contributed by atoms with Crippen LogP contribution in [0.5, 0.6) is 5.75 Å². The van der Waals surface area contributed by atoms with Gasteiger partial charge in [0.15, 0.2) is 5.75 Å². The highest BCUT2D eigenvalue weighted by atomic mass is 16.5. The summed E-state index contributed by atoms with van der Waals surface area (Å²) in [6.07, 6.45) is 5.99. The second kappa shape index (κ2) is 9.88. The van der Waals surface area contributed by atoms with E-state index in [9.17, 15) is 14.4 Å². The van der Waals surface area contributed by atoms with E-state index in [1.807, 2.05) is 0 Å². The molecule has 1 aliphatic carbocycles. The third-order valence-corrected chi connectivity index (χ3v) is 5.18. The molecule has 0 saturated carbocycles. The van der Waals surface area contributed by atoms with E-state index in [0.717, 1.165) is 49.8 Å². The van der Waals surface area contributed by atoms with Crippen molar-refractivity contribution in [2.24, 2.45) is 0 Å². The van der Waals surface area contributed by atoms with Gasteiger partial charge in [0.1, 0.15) is 5.56 Å². The van der Waals surface area contributed by atoms with Gasteiger partial charge in [-0.25, -0.2) is 0 Å². The van der Waals surface area contributed by atoms with Crippen LogP contribution in [0.3, 0.4) is 0 Å². The number of carbonyl (C=O) groups is 2. The van der Waals surface area contributed by atoms with Crippen LogP contribution in [-0.4, -0.2) is 16.4 Å². The molecule has 1 heterocycles. The van der Waals surface area contributed by atoms with Crippen LogP contribution in [0.25, 0.3) is 0 Å². The number of para-hydroxylation sites is 2. The van der Waals surface area contributed by atoms with E-state index < -0.39 is 17.4 Å². The Kier molecular flexibility index (Phi) is 7.02. The van der Waals surface area contributed by atoms with Crippen molar-refractivity contribution < 1.29 is 14.3 Å². The zero-order valence-corrected chi connectivity index (χ0v) is 17.1. The number of benzene rings is 1. The Morgan fingerprint density at radius 2 is 1.90 bits per heavy atom. The second-order valence-electron chi connectivity index (χ2n) is 7.35. The summed E-state index contributed by atoms with van der Waals surface area (Å²) >= 11 is 0. The third kappa shape index (κ3) is 4.95. The maximum absolute atomic E-state index is 13.1. The number of carbonyl (C=O) groups excluding carboxylic acids is 2. The molecule has 0 saturated heterocycles. The standard InChI is InChI=1S/C23H25N3O4/c1-16(27)30-21-12-7-6-10-19(21)25-22(28)18-15-17-9-4-2-3-5-11-20(17)26(23(18)29)14-8-13-24/h6-7,10,12,15H,2-5,8-9,11,14H2,1H3,(H,25,28). The van der Waals surface area contributed by atoms with Gasteiger partial charge in [-0.15, -0.1) is 0 Å². The molecule has 1 aliphatic rings. The van der Waals surface area contributed by atoms with Crippen LogP contribution in [0, 0.1) is 11.3 Å². The Bertz CT molecular complexity index is 1050. The monoisotopic (exact) mass is 407 g/mol. The maximum Gasteiger partial charge on any atom is 0.308 e. The number of fused-ring (bicyclic) bond motifs is 1. The quantitative estimate of drug-likeness (QED) is 0.603. The number of nitriles is 1. The van der Waals surface area contributed by atoms with Gasteiger partial charge in [-0.1, -0.05) is 25.0 Å². The van der Waals surface area contributed by atoms with Crippen molar-refractivity contribution in [3.63, 3.8) is 0 Å². The molecule has 0 radical (unpaired) electrons. The Hall–Kier alpha value is -3.40. The molecule has 2 aromatic rings. The summed E-state index contributed by atoms with van der Waals surface area (Å²) in [5.74, 6) is -0.846. The van der Waals surface area contributed by atoms with E-state index in [4.69, 9.17) is 10.00 Å². The average molecular weight is 407 g/mol. The lowest BCUT2D eigenvalue weighted by Gasteiger charge is -2.20. The third-order valence-electron chi connectivity index (χ3n) is 5.18. The van der Waals surface area contributed by atoms with Crippen molar-refractivity contribution >= 4 is 17.6 Å². The lowest BCUT2D eigenvalue weighted by Crippen LogP contribution is -2.33. The SMILES string of the molecule is CC(=O)Oc1ccccc1NC(=O)c1cc2c(n(CCC#N)c1=O)CCCCCC2. The number of hydrogen-bond donors (Lipinski definition) is 1. The molecule has 1 N–H and O–H groups in total. The van der Waals surface area contributed by atoms with Crippen LogP contribution in [0.1, 0.15) is 60.6 Å². The van der Waals surface area contributed by atoms with Crippen molar-refractivity contribution in [3.05, 3.63) is 57.5 Å². The smallest absolute Gasteiger partial charge is 0.308 e. The van der Waals surface area contributed by atoms with Crippen LogP contribution in [0.4, 0.5) is 5.69 Å². The number of amides is 1. The number of esters is 1. The Labute approximate surface area is 175 Å². The number of aryl methyl sites for hydroxylation is 1. The number of rotatable bonds is 5. The van der Waals surface area contributed by atoms with Gasteiger partial charge in [0.05, 0.1) is 18.2 Å². The van der Waals surface area contributed by atoms with E-state index in [-0.39, 0.29) is 24.3 Å². The summed E-state index contributed by atoms with van der Waals surface area (Å²) in [5, 5.41) is 11.7. The molecular formula is C23H25N3O4. The molecular weight excluding hydrogens is 382 g/mol. The number of nitrogens with zero attached hydrogens (tertiary/aromatic N) is 2. The largest absolute Gasteiger partial charge is 0.424 e. The van der Waals surface area contributed by atoms with E-state index >= 15 is 0 Å².